The number of amides is 2. The third-order valence-corrected chi connectivity index (χ3v) is 6.99. The number of aromatic nitrogens is 2. The molecule has 1 aliphatic carbocycles. The molecule has 174 valence electrons. The quantitative estimate of drug-likeness (QED) is 0.585. The van der Waals surface area contributed by atoms with E-state index in [4.69, 9.17) is 4.52 Å². The van der Waals surface area contributed by atoms with Crippen molar-refractivity contribution in [2.75, 3.05) is 42.5 Å². The maximum atomic E-state index is 13.1. The van der Waals surface area contributed by atoms with Gasteiger partial charge < -0.3 is 19.2 Å². The molecule has 3 heterocycles. The first-order chi connectivity index (χ1) is 16.7. The van der Waals surface area contributed by atoms with Crippen molar-refractivity contribution in [2.24, 2.45) is 5.92 Å². The number of hydrogen-bond acceptors (Lipinski definition) is 6. The molecule has 1 atom stereocenters. The zero-order valence-electron chi connectivity index (χ0n) is 19.0. The van der Waals surface area contributed by atoms with Gasteiger partial charge in [0, 0.05) is 62.0 Å². The molecule has 34 heavy (non-hydrogen) atoms. The summed E-state index contributed by atoms with van der Waals surface area (Å²) >= 11 is 0. The molecular formula is C26H27N5O3. The van der Waals surface area contributed by atoms with Gasteiger partial charge in [-0.3, -0.25) is 9.59 Å². The van der Waals surface area contributed by atoms with Crippen LogP contribution in [0.2, 0.25) is 0 Å². The second kappa shape index (κ2) is 8.59. The Bertz CT molecular complexity index is 1180. The zero-order chi connectivity index (χ0) is 23.1. The highest BCUT2D eigenvalue weighted by Crippen LogP contribution is 2.39. The number of carbonyl (C=O) groups excluding carboxylic acids is 2. The Labute approximate surface area is 198 Å². The molecule has 2 aliphatic heterocycles. The monoisotopic (exact) mass is 457 g/mol. The van der Waals surface area contributed by atoms with Crippen LogP contribution in [-0.2, 0) is 9.59 Å². The minimum atomic E-state index is -0.269. The summed E-state index contributed by atoms with van der Waals surface area (Å²) in [6, 6.07) is 17.8. The van der Waals surface area contributed by atoms with Crippen LogP contribution in [0.3, 0.4) is 0 Å². The molecule has 8 nitrogen and oxygen atoms in total. The number of hydrogen-bond donors (Lipinski definition) is 0. The summed E-state index contributed by atoms with van der Waals surface area (Å²) in [4.78, 5) is 36.1. The zero-order valence-corrected chi connectivity index (χ0v) is 19.0. The Balaban J connectivity index is 1.05. The number of nitrogens with zero attached hydrogens (tertiary/aromatic N) is 5. The largest absolute Gasteiger partial charge is 0.368 e. The molecular weight excluding hydrogens is 430 g/mol. The molecule has 0 radical (unpaired) electrons. The molecule has 0 bridgehead atoms. The fourth-order valence-corrected chi connectivity index (χ4v) is 4.84. The summed E-state index contributed by atoms with van der Waals surface area (Å²) in [5.74, 6) is 1.67. The van der Waals surface area contributed by atoms with Gasteiger partial charge in [-0.2, -0.15) is 4.98 Å². The molecule has 3 aliphatic rings. The second-order valence-corrected chi connectivity index (χ2v) is 9.33. The number of benzene rings is 2. The van der Waals surface area contributed by atoms with E-state index in [2.05, 4.69) is 27.2 Å². The second-order valence-electron chi connectivity index (χ2n) is 9.33. The van der Waals surface area contributed by atoms with Gasteiger partial charge in [0.2, 0.25) is 23.5 Å². The van der Waals surface area contributed by atoms with Gasteiger partial charge in [0.1, 0.15) is 0 Å². The van der Waals surface area contributed by atoms with Gasteiger partial charge in [-0.25, -0.2) is 0 Å². The highest BCUT2D eigenvalue weighted by Gasteiger charge is 2.38. The van der Waals surface area contributed by atoms with Crippen LogP contribution in [0.4, 0.5) is 11.4 Å². The summed E-state index contributed by atoms with van der Waals surface area (Å²) in [5, 5.41) is 4.12. The van der Waals surface area contributed by atoms with Crippen LogP contribution in [0.15, 0.2) is 59.1 Å². The fourth-order valence-electron chi connectivity index (χ4n) is 4.84. The van der Waals surface area contributed by atoms with E-state index in [9.17, 15) is 9.59 Å². The summed E-state index contributed by atoms with van der Waals surface area (Å²) in [6.07, 6.45) is 2.56. The van der Waals surface area contributed by atoms with Gasteiger partial charge in [-0.05, 0) is 49.2 Å². The Morgan fingerprint density at radius 1 is 0.912 bits per heavy atom. The van der Waals surface area contributed by atoms with E-state index in [0.29, 0.717) is 31.4 Å². The lowest BCUT2D eigenvalue weighted by Gasteiger charge is -2.37. The smallest absolute Gasteiger partial charge is 0.230 e. The molecule has 6 rings (SSSR count). The van der Waals surface area contributed by atoms with E-state index < -0.39 is 0 Å². The molecule has 1 unspecified atom stereocenters. The number of piperazine rings is 1. The van der Waals surface area contributed by atoms with Crippen molar-refractivity contribution in [3.05, 3.63) is 60.5 Å². The van der Waals surface area contributed by atoms with E-state index in [0.717, 1.165) is 48.8 Å². The van der Waals surface area contributed by atoms with Crippen LogP contribution >= 0.6 is 0 Å². The molecule has 3 aromatic rings. The average Bonchev–Trinajstić information content (AvgIpc) is 3.49. The lowest BCUT2D eigenvalue weighted by atomic mass is 10.1. The number of rotatable bonds is 5. The Kier molecular flexibility index (Phi) is 5.28. The van der Waals surface area contributed by atoms with Gasteiger partial charge in [-0.15, -0.1) is 0 Å². The number of para-hydroxylation sites is 1. The van der Waals surface area contributed by atoms with Crippen molar-refractivity contribution in [1.82, 2.24) is 15.0 Å². The van der Waals surface area contributed by atoms with Crippen molar-refractivity contribution in [3.8, 4) is 11.4 Å². The van der Waals surface area contributed by atoms with Crippen LogP contribution < -0.4 is 9.80 Å². The van der Waals surface area contributed by atoms with Crippen LogP contribution in [0.1, 0.15) is 31.1 Å². The average molecular weight is 458 g/mol. The predicted octanol–water partition coefficient (Wildman–Crippen LogP) is 3.32. The van der Waals surface area contributed by atoms with Crippen LogP contribution in [0.25, 0.3) is 11.4 Å². The minimum Gasteiger partial charge on any atom is -0.368 e. The summed E-state index contributed by atoms with van der Waals surface area (Å²) < 4.78 is 5.37. The van der Waals surface area contributed by atoms with E-state index in [1.807, 2.05) is 47.4 Å². The van der Waals surface area contributed by atoms with E-state index in [-0.39, 0.29) is 24.2 Å². The first-order valence-electron chi connectivity index (χ1n) is 12.0. The number of anilines is 2. The number of carbonyl (C=O) groups is 2. The Morgan fingerprint density at radius 2 is 1.65 bits per heavy atom. The van der Waals surface area contributed by atoms with Crippen molar-refractivity contribution in [2.45, 2.75) is 25.2 Å². The molecule has 3 fully saturated rings. The molecule has 0 N–H and O–H groups in total. The maximum absolute atomic E-state index is 13.1. The SMILES string of the molecule is O=C(C1CC(=O)N(c2ccccc2)C1)N1CCN(c2ccc(-c3noc(C4CC4)n3)cc2)CC1. The molecule has 2 saturated heterocycles. The first-order valence-corrected chi connectivity index (χ1v) is 12.0. The maximum Gasteiger partial charge on any atom is 0.230 e. The molecule has 1 saturated carbocycles. The highest BCUT2D eigenvalue weighted by atomic mass is 16.5. The molecule has 2 aromatic carbocycles. The van der Waals surface area contributed by atoms with Crippen molar-refractivity contribution >= 4 is 23.2 Å². The van der Waals surface area contributed by atoms with Crippen molar-refractivity contribution in [1.29, 1.82) is 0 Å². The standard InChI is InChI=1S/C26H27N5O3/c32-23-16-20(17-31(23)22-4-2-1-3-5-22)26(33)30-14-12-29(13-15-30)21-10-8-18(9-11-21)24-27-25(34-28-24)19-6-7-19/h1-5,8-11,19-20H,6-7,12-17H2. The highest BCUT2D eigenvalue weighted by molar-refractivity contribution is 6.00. The topological polar surface area (TPSA) is 82.8 Å². The third-order valence-electron chi connectivity index (χ3n) is 6.99. The first kappa shape index (κ1) is 20.9. The van der Waals surface area contributed by atoms with E-state index in [1.165, 1.54) is 0 Å². The predicted molar refractivity (Wildman–Crippen MR) is 127 cm³/mol. The van der Waals surface area contributed by atoms with Crippen LogP contribution in [0.5, 0.6) is 0 Å². The van der Waals surface area contributed by atoms with Gasteiger partial charge in [0.15, 0.2) is 0 Å². The summed E-state index contributed by atoms with van der Waals surface area (Å²) in [7, 11) is 0. The molecule has 8 heteroatoms. The normalized spacial score (nSPS) is 20.8. The summed E-state index contributed by atoms with van der Waals surface area (Å²) in [5.41, 5.74) is 2.93. The van der Waals surface area contributed by atoms with Gasteiger partial charge in [0.25, 0.3) is 0 Å². The lowest BCUT2D eigenvalue weighted by Crippen LogP contribution is -2.50. The van der Waals surface area contributed by atoms with Crippen molar-refractivity contribution in [3.63, 3.8) is 0 Å². The third kappa shape index (κ3) is 4.04. The van der Waals surface area contributed by atoms with Gasteiger partial charge >= 0.3 is 0 Å². The molecule has 0 spiro atoms. The van der Waals surface area contributed by atoms with Gasteiger partial charge in [0.05, 0.1) is 5.92 Å². The Morgan fingerprint density at radius 3 is 2.35 bits per heavy atom. The molecule has 1 aromatic heterocycles. The van der Waals surface area contributed by atoms with E-state index in [1.54, 1.807) is 4.90 Å². The van der Waals surface area contributed by atoms with Crippen molar-refractivity contribution < 1.29 is 14.1 Å². The fraction of sp³-hybridized carbons (Fsp3) is 0.385. The van der Waals surface area contributed by atoms with E-state index >= 15 is 0 Å². The van der Waals surface area contributed by atoms with Crippen LogP contribution in [-0.4, -0.2) is 59.6 Å². The summed E-state index contributed by atoms with van der Waals surface area (Å²) in [6.45, 7) is 3.31. The molecule has 2 amide bonds. The lowest BCUT2D eigenvalue weighted by molar-refractivity contribution is -0.136. The Hall–Kier alpha value is -3.68. The minimum absolute atomic E-state index is 0.0223. The van der Waals surface area contributed by atoms with Crippen LogP contribution in [0, 0.1) is 5.92 Å². The van der Waals surface area contributed by atoms with Gasteiger partial charge in [-0.1, -0.05) is 23.4 Å².